The number of nitrogens with one attached hydrogen (secondary N) is 2. The van der Waals surface area contributed by atoms with Gasteiger partial charge in [-0.2, -0.15) is 0 Å². The Bertz CT molecular complexity index is 616. The van der Waals surface area contributed by atoms with Gasteiger partial charge in [0.25, 0.3) is 0 Å². The molecule has 1 saturated heterocycles. The lowest BCUT2D eigenvalue weighted by Gasteiger charge is -2.42. The minimum absolute atomic E-state index is 0.328. The Morgan fingerprint density at radius 1 is 1.15 bits per heavy atom. The van der Waals surface area contributed by atoms with Gasteiger partial charge in [0, 0.05) is 45.7 Å². The van der Waals surface area contributed by atoms with Crippen molar-refractivity contribution in [2.75, 3.05) is 46.4 Å². The monoisotopic (exact) mass is 377 g/mol. The fourth-order valence-electron chi connectivity index (χ4n) is 4.19. The van der Waals surface area contributed by atoms with E-state index < -0.39 is 0 Å². The zero-order valence-electron chi connectivity index (χ0n) is 17.1. The third-order valence-corrected chi connectivity index (χ3v) is 6.03. The second kappa shape index (κ2) is 9.50. The van der Waals surface area contributed by atoms with Crippen molar-refractivity contribution in [2.24, 2.45) is 17.5 Å². The van der Waals surface area contributed by atoms with E-state index in [1.165, 1.54) is 32.1 Å². The summed E-state index contributed by atoms with van der Waals surface area (Å²) in [6.07, 6.45) is 6.60. The molecule has 1 aliphatic carbocycles. The normalized spacial score (nSPS) is 21.2. The van der Waals surface area contributed by atoms with Crippen LogP contribution in [0.2, 0.25) is 0 Å². The predicted octanol–water partition coefficient (Wildman–Crippen LogP) is 1.07. The molecule has 0 bridgehead atoms. The van der Waals surface area contributed by atoms with Crippen molar-refractivity contribution < 1.29 is 4.74 Å². The van der Waals surface area contributed by atoms with E-state index in [0.29, 0.717) is 12.0 Å². The van der Waals surface area contributed by atoms with Gasteiger partial charge in [0.15, 0.2) is 11.8 Å². The first-order valence-electron chi connectivity index (χ1n) is 10.2. The Hall–Kier alpha value is -1.67. The van der Waals surface area contributed by atoms with Gasteiger partial charge >= 0.3 is 0 Å². The minimum atomic E-state index is 0.328. The molecule has 0 spiro atoms. The van der Waals surface area contributed by atoms with Crippen molar-refractivity contribution >= 4 is 5.96 Å². The topological polar surface area (TPSA) is 79.6 Å². The molecular weight excluding hydrogens is 342 g/mol. The summed E-state index contributed by atoms with van der Waals surface area (Å²) in [7, 11) is 3.81. The number of hydrogen-bond acceptors (Lipinski definition) is 5. The molecule has 0 radical (unpaired) electrons. The van der Waals surface area contributed by atoms with Crippen molar-refractivity contribution in [3.8, 4) is 0 Å². The van der Waals surface area contributed by atoms with Crippen LogP contribution >= 0.6 is 0 Å². The number of aryl methyl sites for hydroxylation is 1. The molecule has 2 heterocycles. The summed E-state index contributed by atoms with van der Waals surface area (Å²) < 4.78 is 7.52. The molecule has 1 saturated carbocycles. The average Bonchev–Trinajstić information content (AvgIpc) is 3.02. The molecule has 2 aliphatic rings. The van der Waals surface area contributed by atoms with Gasteiger partial charge in [-0.1, -0.05) is 19.3 Å². The first kappa shape index (κ1) is 20.1. The second-order valence-corrected chi connectivity index (χ2v) is 7.95. The van der Waals surface area contributed by atoms with Gasteiger partial charge in [-0.05, 0) is 19.8 Å². The van der Waals surface area contributed by atoms with E-state index in [2.05, 4.69) is 30.7 Å². The van der Waals surface area contributed by atoms with Crippen LogP contribution in [0.3, 0.4) is 0 Å². The van der Waals surface area contributed by atoms with Gasteiger partial charge in [0.1, 0.15) is 5.82 Å². The first-order valence-corrected chi connectivity index (χ1v) is 10.2. The van der Waals surface area contributed by atoms with Crippen LogP contribution in [0.5, 0.6) is 0 Å². The van der Waals surface area contributed by atoms with E-state index in [1.807, 2.05) is 25.6 Å². The SMILES string of the molecule is CN=C(NCc1nnc(C)n1C)NCC1(CN2CCOCC2)CCCCC1. The second-order valence-electron chi connectivity index (χ2n) is 7.95. The van der Waals surface area contributed by atoms with Crippen LogP contribution in [0.1, 0.15) is 43.8 Å². The van der Waals surface area contributed by atoms with Crippen LogP contribution in [-0.4, -0.2) is 72.1 Å². The standard InChI is InChI=1S/C19H35N7O/c1-16-23-24-17(25(16)3)13-21-18(20-2)22-14-19(7-5-4-6-8-19)15-26-9-11-27-12-10-26/h4-15H2,1-3H3,(H2,20,21,22). The molecule has 8 nitrogen and oxygen atoms in total. The maximum atomic E-state index is 5.52. The van der Waals surface area contributed by atoms with Gasteiger partial charge < -0.3 is 19.9 Å². The highest BCUT2D eigenvalue weighted by Gasteiger charge is 2.34. The Morgan fingerprint density at radius 2 is 1.89 bits per heavy atom. The van der Waals surface area contributed by atoms with Crippen molar-refractivity contribution in [3.63, 3.8) is 0 Å². The maximum Gasteiger partial charge on any atom is 0.191 e. The van der Waals surface area contributed by atoms with Crippen LogP contribution in [0.4, 0.5) is 0 Å². The molecule has 0 amide bonds. The van der Waals surface area contributed by atoms with E-state index in [4.69, 9.17) is 4.74 Å². The third kappa shape index (κ3) is 5.42. The zero-order chi connectivity index (χ0) is 19.1. The lowest BCUT2D eigenvalue weighted by Crippen LogP contribution is -2.51. The summed E-state index contributed by atoms with van der Waals surface area (Å²) in [6.45, 7) is 8.54. The van der Waals surface area contributed by atoms with E-state index in [9.17, 15) is 0 Å². The summed E-state index contributed by atoms with van der Waals surface area (Å²) in [6, 6.07) is 0. The summed E-state index contributed by atoms with van der Waals surface area (Å²) in [5.74, 6) is 2.67. The molecule has 27 heavy (non-hydrogen) atoms. The number of nitrogens with zero attached hydrogens (tertiary/aromatic N) is 5. The molecular formula is C19H35N7O. The number of ether oxygens (including phenoxy) is 1. The molecule has 2 N–H and O–H groups in total. The lowest BCUT2D eigenvalue weighted by molar-refractivity contribution is 0.00820. The van der Waals surface area contributed by atoms with Crippen molar-refractivity contribution in [1.82, 2.24) is 30.3 Å². The summed E-state index contributed by atoms with van der Waals surface area (Å²) >= 11 is 0. The third-order valence-electron chi connectivity index (χ3n) is 6.03. The smallest absolute Gasteiger partial charge is 0.191 e. The molecule has 0 atom stereocenters. The number of aliphatic imine (C=N–C) groups is 1. The molecule has 1 aliphatic heterocycles. The van der Waals surface area contributed by atoms with Crippen molar-refractivity contribution in [3.05, 3.63) is 11.6 Å². The van der Waals surface area contributed by atoms with Gasteiger partial charge in [0.2, 0.25) is 0 Å². The zero-order valence-corrected chi connectivity index (χ0v) is 17.1. The molecule has 0 unspecified atom stereocenters. The molecule has 152 valence electrons. The maximum absolute atomic E-state index is 5.52. The van der Waals surface area contributed by atoms with E-state index >= 15 is 0 Å². The quantitative estimate of drug-likeness (QED) is 0.570. The van der Waals surface area contributed by atoms with Crippen LogP contribution in [0.25, 0.3) is 0 Å². The highest BCUT2D eigenvalue weighted by Crippen LogP contribution is 2.36. The van der Waals surface area contributed by atoms with E-state index in [1.54, 1.807) is 0 Å². The van der Waals surface area contributed by atoms with Crippen LogP contribution in [0.15, 0.2) is 4.99 Å². The van der Waals surface area contributed by atoms with Crippen LogP contribution in [0, 0.1) is 12.3 Å². The average molecular weight is 378 g/mol. The number of rotatable bonds is 6. The predicted molar refractivity (Wildman–Crippen MR) is 107 cm³/mol. The Labute approximate surface area is 162 Å². The molecule has 1 aromatic rings. The summed E-state index contributed by atoms with van der Waals surface area (Å²) in [5.41, 5.74) is 0.328. The van der Waals surface area contributed by atoms with Gasteiger partial charge in [-0.15, -0.1) is 10.2 Å². The Kier molecular flexibility index (Phi) is 7.07. The van der Waals surface area contributed by atoms with Gasteiger partial charge in [-0.25, -0.2) is 0 Å². The van der Waals surface area contributed by atoms with E-state index in [0.717, 1.165) is 57.0 Å². The number of hydrogen-bond donors (Lipinski definition) is 2. The van der Waals surface area contributed by atoms with Gasteiger partial charge in [-0.3, -0.25) is 9.89 Å². The highest BCUT2D eigenvalue weighted by atomic mass is 16.5. The fourth-order valence-corrected chi connectivity index (χ4v) is 4.19. The Balaban J connectivity index is 1.55. The Morgan fingerprint density at radius 3 is 2.52 bits per heavy atom. The van der Waals surface area contributed by atoms with Crippen LogP contribution < -0.4 is 10.6 Å². The molecule has 3 rings (SSSR count). The van der Waals surface area contributed by atoms with Crippen molar-refractivity contribution in [1.29, 1.82) is 0 Å². The molecule has 0 aromatic carbocycles. The number of guanidine groups is 1. The summed E-state index contributed by atoms with van der Waals surface area (Å²) in [4.78, 5) is 6.98. The molecule has 1 aromatic heterocycles. The fraction of sp³-hybridized carbons (Fsp3) is 0.842. The minimum Gasteiger partial charge on any atom is -0.379 e. The van der Waals surface area contributed by atoms with Crippen molar-refractivity contribution in [2.45, 2.75) is 45.6 Å². The first-order chi connectivity index (χ1) is 13.1. The number of aromatic nitrogens is 3. The van der Waals surface area contributed by atoms with E-state index in [-0.39, 0.29) is 0 Å². The lowest BCUT2D eigenvalue weighted by atomic mass is 9.73. The van der Waals surface area contributed by atoms with Crippen LogP contribution in [-0.2, 0) is 18.3 Å². The summed E-state index contributed by atoms with van der Waals surface area (Å²) in [5, 5.41) is 15.3. The largest absolute Gasteiger partial charge is 0.379 e. The molecule has 8 heteroatoms. The highest BCUT2D eigenvalue weighted by molar-refractivity contribution is 5.79. The van der Waals surface area contributed by atoms with Gasteiger partial charge in [0.05, 0.1) is 19.8 Å². The number of morpholine rings is 1. The molecule has 2 fully saturated rings.